The summed E-state index contributed by atoms with van der Waals surface area (Å²) in [4.78, 5) is 16.4. The lowest BCUT2D eigenvalue weighted by Crippen LogP contribution is -2.54. The SMILES string of the molecule is CSC[C@H](C)C(=O)N1CCN(Cc2ccccc2)[C@@H](C#N)C1. The van der Waals surface area contributed by atoms with E-state index in [-0.39, 0.29) is 17.9 Å². The van der Waals surface area contributed by atoms with Gasteiger partial charge in [-0.2, -0.15) is 17.0 Å². The lowest BCUT2D eigenvalue weighted by Gasteiger charge is -2.39. The first-order valence-corrected chi connectivity index (χ1v) is 9.00. The van der Waals surface area contributed by atoms with E-state index in [4.69, 9.17) is 0 Å². The van der Waals surface area contributed by atoms with Crippen molar-refractivity contribution in [2.45, 2.75) is 19.5 Å². The second kappa shape index (κ2) is 8.21. The summed E-state index contributed by atoms with van der Waals surface area (Å²) >= 11 is 1.69. The molecule has 4 nitrogen and oxygen atoms in total. The largest absolute Gasteiger partial charge is 0.339 e. The van der Waals surface area contributed by atoms with Gasteiger partial charge >= 0.3 is 0 Å². The minimum atomic E-state index is -0.223. The zero-order valence-corrected chi connectivity index (χ0v) is 14.1. The number of benzene rings is 1. The fourth-order valence-electron chi connectivity index (χ4n) is 2.78. The highest BCUT2D eigenvalue weighted by Gasteiger charge is 2.31. The van der Waals surface area contributed by atoms with Crippen LogP contribution in [0.15, 0.2) is 30.3 Å². The fraction of sp³-hybridized carbons (Fsp3) is 0.529. The van der Waals surface area contributed by atoms with Crippen LogP contribution in [0.4, 0.5) is 0 Å². The monoisotopic (exact) mass is 317 g/mol. The maximum Gasteiger partial charge on any atom is 0.226 e. The molecule has 5 heteroatoms. The molecular weight excluding hydrogens is 294 g/mol. The van der Waals surface area contributed by atoms with Gasteiger partial charge in [0.2, 0.25) is 5.91 Å². The van der Waals surface area contributed by atoms with Crippen molar-refractivity contribution in [1.82, 2.24) is 9.80 Å². The molecule has 0 N–H and O–H groups in total. The highest BCUT2D eigenvalue weighted by atomic mass is 32.2. The van der Waals surface area contributed by atoms with Gasteiger partial charge in [-0.1, -0.05) is 37.3 Å². The van der Waals surface area contributed by atoms with Gasteiger partial charge in [0.1, 0.15) is 6.04 Å². The van der Waals surface area contributed by atoms with Gasteiger partial charge in [-0.25, -0.2) is 0 Å². The highest BCUT2D eigenvalue weighted by Crippen LogP contribution is 2.17. The summed E-state index contributed by atoms with van der Waals surface area (Å²) in [5, 5.41) is 9.45. The van der Waals surface area contributed by atoms with Crippen LogP contribution in [0.5, 0.6) is 0 Å². The molecule has 22 heavy (non-hydrogen) atoms. The lowest BCUT2D eigenvalue weighted by molar-refractivity contribution is -0.136. The van der Waals surface area contributed by atoms with Gasteiger partial charge in [0.25, 0.3) is 0 Å². The van der Waals surface area contributed by atoms with Crippen molar-refractivity contribution < 1.29 is 4.79 Å². The standard InChI is InChI=1S/C17H23N3OS/c1-14(13-22-2)17(21)20-9-8-19(16(10-18)12-20)11-15-6-4-3-5-7-15/h3-7,14,16H,8-9,11-13H2,1-2H3/t14-,16-/m0/s1. The molecule has 1 heterocycles. The van der Waals surface area contributed by atoms with Crippen molar-refractivity contribution >= 4 is 17.7 Å². The van der Waals surface area contributed by atoms with Crippen LogP contribution in [0, 0.1) is 17.2 Å². The summed E-state index contributed by atoms with van der Waals surface area (Å²) in [6.07, 6.45) is 2.01. The number of thioether (sulfide) groups is 1. The first kappa shape index (κ1) is 16.9. The molecule has 1 saturated heterocycles. The number of nitriles is 1. The van der Waals surface area contributed by atoms with E-state index in [1.807, 2.05) is 36.3 Å². The molecule has 0 spiro atoms. The number of carbonyl (C=O) groups is 1. The predicted molar refractivity (Wildman–Crippen MR) is 90.4 cm³/mol. The number of nitrogens with zero attached hydrogens (tertiary/aromatic N) is 3. The fourth-order valence-corrected chi connectivity index (χ4v) is 3.43. The Morgan fingerprint density at radius 3 is 2.77 bits per heavy atom. The molecule has 118 valence electrons. The van der Waals surface area contributed by atoms with E-state index in [9.17, 15) is 10.1 Å². The third-order valence-corrected chi connectivity index (χ3v) is 4.85. The van der Waals surface area contributed by atoms with Crippen LogP contribution in [0.2, 0.25) is 0 Å². The zero-order chi connectivity index (χ0) is 15.9. The van der Waals surface area contributed by atoms with Crippen LogP contribution < -0.4 is 0 Å². The smallest absolute Gasteiger partial charge is 0.226 e. The van der Waals surface area contributed by atoms with Gasteiger partial charge < -0.3 is 4.90 Å². The lowest BCUT2D eigenvalue weighted by atomic mass is 10.1. The molecule has 0 saturated carbocycles. The molecule has 1 aromatic rings. The Labute approximate surface area is 137 Å². The van der Waals surface area contributed by atoms with Gasteiger partial charge in [0.05, 0.1) is 6.07 Å². The molecule has 1 aliphatic rings. The molecular formula is C17H23N3OS. The summed E-state index contributed by atoms with van der Waals surface area (Å²) in [7, 11) is 0. The van der Waals surface area contributed by atoms with Gasteiger partial charge in [-0.3, -0.25) is 9.69 Å². The average Bonchev–Trinajstić information content (AvgIpc) is 2.55. The maximum atomic E-state index is 12.4. The molecule has 0 aromatic heterocycles. The number of piperazine rings is 1. The van der Waals surface area contributed by atoms with E-state index >= 15 is 0 Å². The number of hydrogen-bond donors (Lipinski definition) is 0. The summed E-state index contributed by atoms with van der Waals surface area (Å²) in [6.45, 7) is 4.71. The molecule has 1 amide bonds. The third kappa shape index (κ3) is 4.25. The van der Waals surface area contributed by atoms with Crippen LogP contribution in [0.3, 0.4) is 0 Å². The van der Waals surface area contributed by atoms with Crippen molar-refractivity contribution in [3.8, 4) is 6.07 Å². The van der Waals surface area contributed by atoms with Crippen LogP contribution in [0.1, 0.15) is 12.5 Å². The maximum absolute atomic E-state index is 12.4. The molecule has 0 radical (unpaired) electrons. The van der Waals surface area contributed by atoms with Crippen molar-refractivity contribution in [3.63, 3.8) is 0 Å². The minimum Gasteiger partial charge on any atom is -0.339 e. The van der Waals surface area contributed by atoms with Crippen molar-refractivity contribution in [1.29, 1.82) is 5.26 Å². The normalized spacial score (nSPS) is 20.4. The van der Waals surface area contributed by atoms with Crippen LogP contribution in [-0.2, 0) is 11.3 Å². The van der Waals surface area contributed by atoms with Gasteiger partial charge in [0, 0.05) is 37.8 Å². The van der Waals surface area contributed by atoms with Crippen LogP contribution in [-0.4, -0.2) is 53.4 Å². The van der Waals surface area contributed by atoms with Crippen molar-refractivity contribution in [3.05, 3.63) is 35.9 Å². The number of rotatable bonds is 5. The third-order valence-electron chi connectivity index (χ3n) is 4.02. The van der Waals surface area contributed by atoms with Gasteiger partial charge in [-0.05, 0) is 11.8 Å². The first-order valence-electron chi connectivity index (χ1n) is 7.61. The molecule has 2 atom stereocenters. The van der Waals surface area contributed by atoms with Gasteiger partial charge in [0.15, 0.2) is 0 Å². The van der Waals surface area contributed by atoms with Crippen molar-refractivity contribution in [2.24, 2.45) is 5.92 Å². The number of hydrogen-bond acceptors (Lipinski definition) is 4. The van der Waals surface area contributed by atoms with Crippen LogP contribution >= 0.6 is 11.8 Å². The summed E-state index contributed by atoms with van der Waals surface area (Å²) in [6, 6.07) is 12.3. The Morgan fingerprint density at radius 1 is 1.41 bits per heavy atom. The minimum absolute atomic E-state index is 0.0232. The van der Waals surface area contributed by atoms with Crippen LogP contribution in [0.25, 0.3) is 0 Å². The number of amides is 1. The quantitative estimate of drug-likeness (QED) is 0.835. The molecule has 1 aliphatic heterocycles. The number of carbonyl (C=O) groups excluding carboxylic acids is 1. The van der Waals surface area contributed by atoms with E-state index in [1.54, 1.807) is 11.8 Å². The molecule has 0 bridgehead atoms. The van der Waals surface area contributed by atoms with E-state index in [2.05, 4.69) is 23.1 Å². The molecule has 2 rings (SSSR count). The summed E-state index contributed by atoms with van der Waals surface area (Å²) in [5.41, 5.74) is 1.21. The van der Waals surface area contributed by atoms with Crippen molar-refractivity contribution in [2.75, 3.05) is 31.6 Å². The molecule has 0 unspecified atom stereocenters. The van der Waals surface area contributed by atoms with Gasteiger partial charge in [-0.15, -0.1) is 0 Å². The molecule has 1 fully saturated rings. The Morgan fingerprint density at radius 2 is 2.14 bits per heavy atom. The topological polar surface area (TPSA) is 47.3 Å². The highest BCUT2D eigenvalue weighted by molar-refractivity contribution is 7.98. The van der Waals surface area contributed by atoms with E-state index in [1.165, 1.54) is 5.56 Å². The Balaban J connectivity index is 1.97. The Kier molecular flexibility index (Phi) is 6.29. The predicted octanol–water partition coefficient (Wildman–Crippen LogP) is 2.22. The second-order valence-electron chi connectivity index (χ2n) is 5.74. The van der Waals surface area contributed by atoms with E-state index in [0.717, 1.165) is 18.8 Å². The summed E-state index contributed by atoms with van der Waals surface area (Å²) < 4.78 is 0. The second-order valence-corrected chi connectivity index (χ2v) is 6.65. The zero-order valence-electron chi connectivity index (χ0n) is 13.2. The summed E-state index contributed by atoms with van der Waals surface area (Å²) in [5.74, 6) is 1.03. The Bertz CT molecular complexity index is 528. The van der Waals surface area contributed by atoms with E-state index in [0.29, 0.717) is 13.1 Å². The molecule has 0 aliphatic carbocycles. The van der Waals surface area contributed by atoms with E-state index < -0.39 is 0 Å². The average molecular weight is 317 g/mol. The molecule has 1 aromatic carbocycles. The Hall–Kier alpha value is -1.51. The first-order chi connectivity index (χ1) is 10.7.